The summed E-state index contributed by atoms with van der Waals surface area (Å²) in [5.41, 5.74) is 1.25. The van der Waals surface area contributed by atoms with E-state index < -0.39 is 0 Å². The van der Waals surface area contributed by atoms with Crippen molar-refractivity contribution in [3.8, 4) is 0 Å². The van der Waals surface area contributed by atoms with Crippen molar-refractivity contribution in [2.75, 3.05) is 33.2 Å². The molecule has 0 radical (unpaired) electrons. The first-order valence-corrected chi connectivity index (χ1v) is 8.71. The maximum Gasteiger partial charge on any atom is 0.191 e. The van der Waals surface area contributed by atoms with Crippen LogP contribution in [0.15, 0.2) is 29.4 Å². The molecule has 2 heterocycles. The molecule has 1 aliphatic rings. The molecule has 136 valence electrons. The number of halogens is 1. The van der Waals surface area contributed by atoms with Crippen LogP contribution in [0.3, 0.4) is 0 Å². The molecule has 24 heavy (non-hydrogen) atoms. The second-order valence-electron chi connectivity index (χ2n) is 6.78. The lowest BCUT2D eigenvalue weighted by Crippen LogP contribution is -2.55. The number of hydrogen-bond donors (Lipinski definition) is 2. The number of nitrogens with zero attached hydrogens (tertiary/aromatic N) is 3. The Morgan fingerprint density at radius 1 is 1.21 bits per heavy atom. The van der Waals surface area contributed by atoms with Crippen molar-refractivity contribution >= 4 is 29.9 Å². The predicted molar refractivity (Wildman–Crippen MR) is 112 cm³/mol. The Hall–Kier alpha value is -0.890. The summed E-state index contributed by atoms with van der Waals surface area (Å²) in [4.78, 5) is 11.3. The van der Waals surface area contributed by atoms with Crippen LogP contribution in [0.4, 0.5) is 0 Å². The average molecular weight is 445 g/mol. The molecule has 6 heteroatoms. The third-order valence-electron chi connectivity index (χ3n) is 4.52. The van der Waals surface area contributed by atoms with E-state index in [0.29, 0.717) is 0 Å². The number of aromatic nitrogens is 1. The maximum atomic E-state index is 4.34. The molecule has 0 bridgehead atoms. The van der Waals surface area contributed by atoms with Crippen LogP contribution in [0.25, 0.3) is 0 Å². The summed E-state index contributed by atoms with van der Waals surface area (Å²) in [6, 6.07) is 6.02. The van der Waals surface area contributed by atoms with Gasteiger partial charge in [0, 0.05) is 44.0 Å². The van der Waals surface area contributed by atoms with Crippen LogP contribution in [-0.2, 0) is 6.42 Å². The highest BCUT2D eigenvalue weighted by Crippen LogP contribution is 2.19. The zero-order valence-corrected chi connectivity index (χ0v) is 17.5. The molecular weight excluding hydrogens is 413 g/mol. The molecule has 1 aromatic rings. The summed E-state index contributed by atoms with van der Waals surface area (Å²) in [5.74, 6) is 0.867. The summed E-state index contributed by atoms with van der Waals surface area (Å²) >= 11 is 0. The van der Waals surface area contributed by atoms with E-state index in [1.807, 2.05) is 25.4 Å². The molecule has 1 aromatic heterocycles. The number of guanidine groups is 1. The van der Waals surface area contributed by atoms with Crippen LogP contribution in [-0.4, -0.2) is 54.6 Å². The fourth-order valence-corrected chi connectivity index (χ4v) is 2.99. The Kier molecular flexibility index (Phi) is 9.58. The van der Waals surface area contributed by atoms with Gasteiger partial charge in [0.25, 0.3) is 0 Å². The minimum atomic E-state index is 0. The second kappa shape index (κ2) is 10.9. The first-order chi connectivity index (χ1) is 11.1. The van der Waals surface area contributed by atoms with Crippen molar-refractivity contribution in [2.24, 2.45) is 4.99 Å². The molecule has 0 aromatic carbocycles. The van der Waals surface area contributed by atoms with Crippen molar-refractivity contribution in [2.45, 2.75) is 45.1 Å². The predicted octanol–water partition coefficient (Wildman–Crippen LogP) is 2.67. The second-order valence-corrected chi connectivity index (χ2v) is 6.78. The zero-order chi connectivity index (χ0) is 16.5. The molecule has 2 N–H and O–H groups in total. The van der Waals surface area contributed by atoms with Gasteiger partial charge in [0.15, 0.2) is 5.96 Å². The third kappa shape index (κ3) is 6.93. The number of likely N-dealkylation sites (tertiary alicyclic amines) is 1. The first-order valence-electron chi connectivity index (χ1n) is 8.71. The van der Waals surface area contributed by atoms with E-state index >= 15 is 0 Å². The number of nitrogens with one attached hydrogen (secondary N) is 2. The Morgan fingerprint density at radius 2 is 1.96 bits per heavy atom. The molecule has 5 nitrogen and oxygen atoms in total. The van der Waals surface area contributed by atoms with Crippen LogP contribution >= 0.6 is 24.0 Å². The smallest absolute Gasteiger partial charge is 0.191 e. The van der Waals surface area contributed by atoms with Gasteiger partial charge in [-0.3, -0.25) is 14.9 Å². The topological polar surface area (TPSA) is 52.6 Å². The van der Waals surface area contributed by atoms with Gasteiger partial charge in [-0.05, 0) is 51.9 Å². The van der Waals surface area contributed by atoms with E-state index in [4.69, 9.17) is 0 Å². The van der Waals surface area contributed by atoms with Crippen LogP contribution < -0.4 is 10.6 Å². The van der Waals surface area contributed by atoms with E-state index in [-0.39, 0.29) is 29.5 Å². The maximum absolute atomic E-state index is 4.34. The SMILES string of the molecule is CN=C(NCCc1ccccn1)NCC(C)(C)N1CCCCC1.I. The molecule has 1 saturated heterocycles. The minimum Gasteiger partial charge on any atom is -0.356 e. The van der Waals surface area contributed by atoms with E-state index in [1.54, 1.807) is 0 Å². The molecule has 0 spiro atoms. The van der Waals surface area contributed by atoms with Crippen molar-refractivity contribution in [1.29, 1.82) is 0 Å². The molecule has 0 amide bonds. The van der Waals surface area contributed by atoms with Crippen molar-refractivity contribution < 1.29 is 0 Å². The number of piperidine rings is 1. The van der Waals surface area contributed by atoms with Crippen LogP contribution in [0.1, 0.15) is 38.8 Å². The molecule has 0 aliphatic carbocycles. The number of rotatable bonds is 6. The third-order valence-corrected chi connectivity index (χ3v) is 4.52. The molecule has 0 atom stereocenters. The van der Waals surface area contributed by atoms with Gasteiger partial charge in [-0.1, -0.05) is 12.5 Å². The largest absolute Gasteiger partial charge is 0.356 e. The quantitative estimate of drug-likeness (QED) is 0.402. The highest BCUT2D eigenvalue weighted by molar-refractivity contribution is 14.0. The van der Waals surface area contributed by atoms with E-state index in [2.05, 4.69) is 45.4 Å². The molecule has 1 aliphatic heterocycles. The number of hydrogen-bond acceptors (Lipinski definition) is 3. The number of pyridine rings is 1. The lowest BCUT2D eigenvalue weighted by atomic mass is 9.98. The zero-order valence-electron chi connectivity index (χ0n) is 15.2. The van der Waals surface area contributed by atoms with Gasteiger partial charge in [0.05, 0.1) is 0 Å². The summed E-state index contributed by atoms with van der Waals surface area (Å²) in [6.07, 6.45) is 6.75. The van der Waals surface area contributed by atoms with E-state index in [1.165, 1.54) is 32.4 Å². The molecule has 2 rings (SSSR count). The summed E-state index contributed by atoms with van der Waals surface area (Å²) < 4.78 is 0. The fraction of sp³-hybridized carbons (Fsp3) is 0.667. The van der Waals surface area contributed by atoms with Crippen LogP contribution in [0, 0.1) is 0 Å². The molecule has 0 unspecified atom stereocenters. The molecular formula is C18H32IN5. The highest BCUT2D eigenvalue weighted by atomic mass is 127. The fourth-order valence-electron chi connectivity index (χ4n) is 2.99. The average Bonchev–Trinajstić information content (AvgIpc) is 2.59. The lowest BCUT2D eigenvalue weighted by Gasteiger charge is -2.41. The van der Waals surface area contributed by atoms with Gasteiger partial charge in [0.2, 0.25) is 0 Å². The van der Waals surface area contributed by atoms with Gasteiger partial charge in [-0.15, -0.1) is 24.0 Å². The van der Waals surface area contributed by atoms with Crippen LogP contribution in [0.5, 0.6) is 0 Å². The van der Waals surface area contributed by atoms with E-state index in [0.717, 1.165) is 31.2 Å². The standard InChI is InChI=1S/C18H31N5.HI/c1-18(2,23-13-7-4-8-14-23)15-22-17(19-3)21-12-10-16-9-5-6-11-20-16;/h5-6,9,11H,4,7-8,10,12-15H2,1-3H3,(H2,19,21,22);1H. The van der Waals surface area contributed by atoms with Crippen LogP contribution in [0.2, 0.25) is 0 Å². The number of aliphatic imine (C=N–C) groups is 1. The van der Waals surface area contributed by atoms with E-state index in [9.17, 15) is 0 Å². The van der Waals surface area contributed by atoms with Gasteiger partial charge in [0.1, 0.15) is 0 Å². The normalized spacial score (nSPS) is 16.4. The van der Waals surface area contributed by atoms with Crippen molar-refractivity contribution in [1.82, 2.24) is 20.5 Å². The first kappa shape index (κ1) is 21.2. The van der Waals surface area contributed by atoms with Gasteiger partial charge in [-0.2, -0.15) is 0 Å². The monoisotopic (exact) mass is 445 g/mol. The summed E-state index contributed by atoms with van der Waals surface area (Å²) in [6.45, 7) is 8.77. The van der Waals surface area contributed by atoms with Gasteiger partial charge >= 0.3 is 0 Å². The van der Waals surface area contributed by atoms with Gasteiger partial charge in [-0.25, -0.2) is 0 Å². The Morgan fingerprint density at radius 3 is 2.58 bits per heavy atom. The molecule has 0 saturated carbocycles. The summed E-state index contributed by atoms with van der Waals surface area (Å²) in [5, 5.41) is 6.84. The highest BCUT2D eigenvalue weighted by Gasteiger charge is 2.27. The Bertz CT molecular complexity index is 483. The minimum absolute atomic E-state index is 0. The summed E-state index contributed by atoms with van der Waals surface area (Å²) in [7, 11) is 1.82. The Balaban J connectivity index is 0.00000288. The lowest BCUT2D eigenvalue weighted by molar-refractivity contribution is 0.0982. The van der Waals surface area contributed by atoms with Gasteiger partial charge < -0.3 is 10.6 Å². The molecule has 1 fully saturated rings. The Labute approximate surface area is 163 Å². The van der Waals surface area contributed by atoms with Crippen molar-refractivity contribution in [3.05, 3.63) is 30.1 Å². The van der Waals surface area contributed by atoms with Crippen molar-refractivity contribution in [3.63, 3.8) is 0 Å².